The Bertz CT molecular complexity index is 787. The highest BCUT2D eigenvalue weighted by Gasteiger charge is 2.28. The van der Waals surface area contributed by atoms with Gasteiger partial charge in [0.15, 0.2) is 5.17 Å². The van der Waals surface area contributed by atoms with Crippen molar-refractivity contribution < 1.29 is 9.53 Å². The lowest BCUT2D eigenvalue weighted by Crippen LogP contribution is -2.47. The van der Waals surface area contributed by atoms with E-state index in [1.165, 1.54) is 11.8 Å². The monoisotopic (exact) mass is 382 g/mol. The van der Waals surface area contributed by atoms with Crippen molar-refractivity contribution in [3.8, 4) is 11.8 Å². The molecule has 1 aromatic carbocycles. The van der Waals surface area contributed by atoms with E-state index in [-0.39, 0.29) is 5.91 Å². The van der Waals surface area contributed by atoms with Gasteiger partial charge < -0.3 is 9.64 Å². The van der Waals surface area contributed by atoms with Crippen molar-refractivity contribution in [1.29, 1.82) is 5.26 Å². The van der Waals surface area contributed by atoms with Gasteiger partial charge in [-0.3, -0.25) is 9.69 Å². The number of carbonyl (C=O) groups is 1. The van der Waals surface area contributed by atoms with Crippen LogP contribution >= 0.6 is 11.8 Å². The molecule has 140 valence electrons. The number of hydrogen-bond acceptors (Lipinski definition) is 6. The fraction of sp³-hybridized carbons (Fsp3) is 0.350. The van der Waals surface area contributed by atoms with Crippen molar-refractivity contribution in [3.63, 3.8) is 0 Å². The molecule has 0 atom stereocenters. The summed E-state index contributed by atoms with van der Waals surface area (Å²) in [7, 11) is 0. The number of nitriles is 1. The molecular formula is C20H22N4O2S. The molecule has 0 spiro atoms. The number of amides is 1. The molecular weight excluding hydrogens is 360 g/mol. The Kier molecular flexibility index (Phi) is 6.69. The predicted molar refractivity (Wildman–Crippen MR) is 108 cm³/mol. The second-order valence-corrected chi connectivity index (χ2v) is 7.22. The van der Waals surface area contributed by atoms with E-state index in [9.17, 15) is 4.79 Å². The van der Waals surface area contributed by atoms with E-state index in [0.29, 0.717) is 17.9 Å². The quantitative estimate of drug-likeness (QED) is 0.557. The molecule has 0 N–H and O–H groups in total. The van der Waals surface area contributed by atoms with Crippen LogP contribution in [0.3, 0.4) is 0 Å². The van der Waals surface area contributed by atoms with Crippen LogP contribution in [0.15, 0.2) is 46.8 Å². The normalized spacial score (nSPS) is 19.1. The SMILES string of the molecule is C=CCOc1ccc(/C=C2/SC(N3CCN(CCC#N)CC3)=NC2=O)cc1. The van der Waals surface area contributed by atoms with Crippen LogP contribution in [-0.4, -0.2) is 60.2 Å². The van der Waals surface area contributed by atoms with E-state index < -0.39 is 0 Å². The molecule has 27 heavy (non-hydrogen) atoms. The van der Waals surface area contributed by atoms with Gasteiger partial charge in [-0.05, 0) is 35.5 Å². The summed E-state index contributed by atoms with van der Waals surface area (Å²) in [5.41, 5.74) is 0.939. The summed E-state index contributed by atoms with van der Waals surface area (Å²) >= 11 is 1.43. The fourth-order valence-electron chi connectivity index (χ4n) is 2.87. The number of carbonyl (C=O) groups excluding carboxylic acids is 1. The molecule has 7 heteroatoms. The van der Waals surface area contributed by atoms with Gasteiger partial charge in [-0.15, -0.1) is 0 Å². The molecule has 0 aliphatic carbocycles. The first-order chi connectivity index (χ1) is 13.2. The van der Waals surface area contributed by atoms with Crippen molar-refractivity contribution in [2.24, 2.45) is 4.99 Å². The molecule has 1 fully saturated rings. The smallest absolute Gasteiger partial charge is 0.286 e. The molecule has 6 nitrogen and oxygen atoms in total. The third kappa shape index (κ3) is 5.22. The first-order valence-electron chi connectivity index (χ1n) is 8.90. The number of nitrogens with zero attached hydrogens (tertiary/aromatic N) is 4. The van der Waals surface area contributed by atoms with E-state index in [2.05, 4.69) is 27.4 Å². The van der Waals surface area contributed by atoms with Gasteiger partial charge in [-0.25, -0.2) is 0 Å². The molecule has 0 unspecified atom stereocenters. The zero-order valence-electron chi connectivity index (χ0n) is 15.1. The van der Waals surface area contributed by atoms with Crippen molar-refractivity contribution in [3.05, 3.63) is 47.4 Å². The Hall–Kier alpha value is -2.56. The molecule has 2 heterocycles. The summed E-state index contributed by atoms with van der Waals surface area (Å²) in [4.78, 5) is 21.5. The number of benzene rings is 1. The molecule has 0 aromatic heterocycles. The topological polar surface area (TPSA) is 68.9 Å². The number of piperazine rings is 1. The van der Waals surface area contributed by atoms with Crippen LogP contribution < -0.4 is 4.74 Å². The Morgan fingerprint density at radius 1 is 1.26 bits per heavy atom. The lowest BCUT2D eigenvalue weighted by Gasteiger charge is -2.34. The van der Waals surface area contributed by atoms with Crippen molar-refractivity contribution in [2.75, 3.05) is 39.3 Å². The van der Waals surface area contributed by atoms with Gasteiger partial charge in [0.2, 0.25) is 0 Å². The molecule has 0 saturated carbocycles. The molecule has 1 aromatic rings. The average molecular weight is 382 g/mol. The molecule has 2 aliphatic rings. The molecule has 3 rings (SSSR count). The van der Waals surface area contributed by atoms with Gasteiger partial charge in [0.25, 0.3) is 5.91 Å². The van der Waals surface area contributed by atoms with Gasteiger partial charge in [0.1, 0.15) is 12.4 Å². The average Bonchev–Trinajstić information content (AvgIpc) is 3.06. The van der Waals surface area contributed by atoms with Gasteiger partial charge in [-0.2, -0.15) is 10.3 Å². The Morgan fingerprint density at radius 2 is 2.00 bits per heavy atom. The summed E-state index contributed by atoms with van der Waals surface area (Å²) in [5, 5.41) is 9.47. The number of amidine groups is 1. The van der Waals surface area contributed by atoms with E-state index >= 15 is 0 Å². The summed E-state index contributed by atoms with van der Waals surface area (Å²) in [6.07, 6.45) is 4.12. The van der Waals surface area contributed by atoms with Crippen LogP contribution in [0.1, 0.15) is 12.0 Å². The highest BCUT2D eigenvalue weighted by Crippen LogP contribution is 2.31. The van der Waals surface area contributed by atoms with Crippen LogP contribution in [0.2, 0.25) is 0 Å². The third-order valence-electron chi connectivity index (χ3n) is 4.34. The van der Waals surface area contributed by atoms with E-state index in [1.807, 2.05) is 30.3 Å². The van der Waals surface area contributed by atoms with Gasteiger partial charge in [0, 0.05) is 39.1 Å². The second kappa shape index (κ2) is 9.40. The zero-order valence-corrected chi connectivity index (χ0v) is 16.0. The molecule has 1 amide bonds. The van der Waals surface area contributed by atoms with E-state index in [1.54, 1.807) is 6.08 Å². The maximum absolute atomic E-state index is 12.3. The standard InChI is InChI=1S/C20H22N4O2S/c1-2-14-26-17-6-4-16(5-7-17)15-18-19(25)22-20(27-18)24-12-10-23(11-13-24)9-3-8-21/h2,4-7,15H,1,3,9-14H2/b18-15+. The Balaban J connectivity index is 1.57. The molecule has 0 bridgehead atoms. The van der Waals surface area contributed by atoms with Gasteiger partial charge in [-0.1, -0.05) is 24.8 Å². The highest BCUT2D eigenvalue weighted by atomic mass is 32.2. The minimum atomic E-state index is -0.186. The zero-order chi connectivity index (χ0) is 19.1. The van der Waals surface area contributed by atoms with Crippen LogP contribution in [0, 0.1) is 11.3 Å². The van der Waals surface area contributed by atoms with Crippen molar-refractivity contribution >= 4 is 28.9 Å². The fourth-order valence-corrected chi connectivity index (χ4v) is 3.84. The van der Waals surface area contributed by atoms with Crippen LogP contribution in [-0.2, 0) is 4.79 Å². The lowest BCUT2D eigenvalue weighted by atomic mass is 10.2. The second-order valence-electron chi connectivity index (χ2n) is 6.22. The Labute approximate surface area is 163 Å². The summed E-state index contributed by atoms with van der Waals surface area (Å²) in [5.74, 6) is 0.586. The summed E-state index contributed by atoms with van der Waals surface area (Å²) in [6, 6.07) is 9.78. The third-order valence-corrected chi connectivity index (χ3v) is 5.38. The number of hydrogen-bond donors (Lipinski definition) is 0. The number of thioether (sulfide) groups is 1. The van der Waals surface area contributed by atoms with Gasteiger partial charge >= 0.3 is 0 Å². The molecule has 2 aliphatic heterocycles. The van der Waals surface area contributed by atoms with Crippen molar-refractivity contribution in [2.45, 2.75) is 6.42 Å². The first-order valence-corrected chi connectivity index (χ1v) is 9.72. The minimum absolute atomic E-state index is 0.186. The molecule has 1 saturated heterocycles. The number of ether oxygens (including phenoxy) is 1. The lowest BCUT2D eigenvalue weighted by molar-refractivity contribution is -0.113. The highest BCUT2D eigenvalue weighted by molar-refractivity contribution is 8.18. The Morgan fingerprint density at radius 3 is 2.67 bits per heavy atom. The predicted octanol–water partition coefficient (Wildman–Crippen LogP) is 2.75. The van der Waals surface area contributed by atoms with Crippen LogP contribution in [0.25, 0.3) is 6.08 Å². The molecule has 0 radical (unpaired) electrons. The first kappa shape index (κ1) is 19.2. The van der Waals surface area contributed by atoms with Gasteiger partial charge in [0.05, 0.1) is 11.0 Å². The maximum atomic E-state index is 12.3. The van der Waals surface area contributed by atoms with Crippen LogP contribution in [0.5, 0.6) is 5.75 Å². The minimum Gasteiger partial charge on any atom is -0.490 e. The van der Waals surface area contributed by atoms with E-state index in [4.69, 9.17) is 10.00 Å². The number of rotatable bonds is 6. The van der Waals surface area contributed by atoms with Crippen molar-refractivity contribution in [1.82, 2.24) is 9.80 Å². The largest absolute Gasteiger partial charge is 0.490 e. The maximum Gasteiger partial charge on any atom is 0.286 e. The summed E-state index contributed by atoms with van der Waals surface area (Å²) < 4.78 is 5.47. The van der Waals surface area contributed by atoms with E-state index in [0.717, 1.165) is 49.2 Å². The number of aliphatic imine (C=N–C) groups is 1. The summed E-state index contributed by atoms with van der Waals surface area (Å²) in [6.45, 7) is 8.33. The van der Waals surface area contributed by atoms with Crippen LogP contribution in [0.4, 0.5) is 0 Å².